The Morgan fingerprint density at radius 3 is 2.50 bits per heavy atom. The fourth-order valence-electron chi connectivity index (χ4n) is 3.07. The van der Waals surface area contributed by atoms with Gasteiger partial charge in [0.2, 0.25) is 5.91 Å². The van der Waals surface area contributed by atoms with Gasteiger partial charge in [0.1, 0.15) is 12.4 Å². The van der Waals surface area contributed by atoms with E-state index in [1.54, 1.807) is 0 Å². The van der Waals surface area contributed by atoms with E-state index in [0.29, 0.717) is 25.5 Å². The number of nitrogens with two attached hydrogens (primary N) is 1. The number of hydrogen-bond acceptors (Lipinski definition) is 4. The number of halogens is 2. The van der Waals surface area contributed by atoms with Gasteiger partial charge in [0, 0.05) is 25.6 Å². The number of ether oxygens (including phenoxy) is 1. The molecule has 0 unspecified atom stereocenters. The van der Waals surface area contributed by atoms with Gasteiger partial charge < -0.3 is 20.7 Å². The number of hydrogen-bond donors (Lipinski definition) is 2. The molecule has 3 N–H and O–H groups in total. The lowest BCUT2D eigenvalue weighted by atomic mass is 10.00. The third-order valence-electron chi connectivity index (χ3n) is 4.63. The van der Waals surface area contributed by atoms with Gasteiger partial charge in [-0.1, -0.05) is 18.6 Å². The summed E-state index contributed by atoms with van der Waals surface area (Å²) in [6, 6.07) is 8.30. The zero-order chi connectivity index (χ0) is 17.4. The van der Waals surface area contributed by atoms with Crippen molar-refractivity contribution in [2.75, 3.05) is 33.8 Å². The molecule has 5 nitrogen and oxygen atoms in total. The van der Waals surface area contributed by atoms with Crippen LogP contribution in [0, 0.1) is 5.92 Å². The Labute approximate surface area is 169 Å². The third kappa shape index (κ3) is 9.08. The normalized spacial score (nSPS) is 18.8. The Balaban J connectivity index is 0.00000312. The highest BCUT2D eigenvalue weighted by Crippen LogP contribution is 2.26. The van der Waals surface area contributed by atoms with Crippen LogP contribution in [-0.4, -0.2) is 50.6 Å². The Morgan fingerprint density at radius 2 is 1.92 bits per heavy atom. The van der Waals surface area contributed by atoms with Crippen LogP contribution in [0.2, 0.25) is 0 Å². The molecule has 1 aliphatic carbocycles. The van der Waals surface area contributed by atoms with Crippen LogP contribution in [0.15, 0.2) is 24.3 Å². The zero-order valence-corrected chi connectivity index (χ0v) is 17.4. The molecule has 7 heteroatoms. The molecule has 26 heavy (non-hydrogen) atoms. The summed E-state index contributed by atoms with van der Waals surface area (Å²) in [6.07, 6.45) is 4.70. The molecule has 0 radical (unpaired) electrons. The van der Waals surface area contributed by atoms with Crippen molar-refractivity contribution in [2.24, 2.45) is 11.7 Å². The largest absolute Gasteiger partial charge is 0.492 e. The predicted molar refractivity (Wildman–Crippen MR) is 112 cm³/mol. The molecule has 0 spiro atoms. The van der Waals surface area contributed by atoms with Crippen LogP contribution >= 0.6 is 24.8 Å². The fraction of sp³-hybridized carbons (Fsp3) is 0.632. The van der Waals surface area contributed by atoms with Crippen LogP contribution in [0.4, 0.5) is 0 Å². The first-order chi connectivity index (χ1) is 11.5. The number of benzene rings is 1. The van der Waals surface area contributed by atoms with Crippen molar-refractivity contribution in [1.29, 1.82) is 0 Å². The molecule has 1 aliphatic rings. The van der Waals surface area contributed by atoms with Crippen molar-refractivity contribution in [1.82, 2.24) is 10.2 Å². The highest BCUT2D eigenvalue weighted by atomic mass is 35.5. The average molecular weight is 406 g/mol. The minimum absolute atomic E-state index is 0. The summed E-state index contributed by atoms with van der Waals surface area (Å²) < 4.78 is 5.68. The van der Waals surface area contributed by atoms with Crippen molar-refractivity contribution in [3.05, 3.63) is 29.8 Å². The van der Waals surface area contributed by atoms with E-state index in [-0.39, 0.29) is 36.8 Å². The van der Waals surface area contributed by atoms with E-state index >= 15 is 0 Å². The number of carbonyl (C=O) groups is 1. The number of likely N-dealkylation sites (N-methyl/N-ethyl adjacent to an activating group) is 1. The maximum Gasteiger partial charge on any atom is 0.220 e. The van der Waals surface area contributed by atoms with E-state index in [9.17, 15) is 4.79 Å². The molecule has 2 atom stereocenters. The Kier molecular flexibility index (Phi) is 12.7. The summed E-state index contributed by atoms with van der Waals surface area (Å²) in [5.74, 6) is 1.38. The Bertz CT molecular complexity index is 512. The van der Waals surface area contributed by atoms with Crippen LogP contribution < -0.4 is 15.8 Å². The Morgan fingerprint density at radius 1 is 1.23 bits per heavy atom. The van der Waals surface area contributed by atoms with E-state index in [4.69, 9.17) is 10.5 Å². The van der Waals surface area contributed by atoms with E-state index < -0.39 is 0 Å². The molecule has 1 aromatic carbocycles. The lowest BCUT2D eigenvalue weighted by Gasteiger charge is -2.14. The quantitative estimate of drug-likeness (QED) is 0.662. The molecule has 1 fully saturated rings. The number of nitrogens with one attached hydrogen (secondary N) is 1. The molecule has 1 amide bonds. The van der Waals surface area contributed by atoms with Gasteiger partial charge in [0.25, 0.3) is 0 Å². The molecule has 0 heterocycles. The van der Waals surface area contributed by atoms with E-state index in [1.165, 1.54) is 5.56 Å². The summed E-state index contributed by atoms with van der Waals surface area (Å²) in [5.41, 5.74) is 7.22. The summed E-state index contributed by atoms with van der Waals surface area (Å²) in [7, 11) is 4.06. The van der Waals surface area contributed by atoms with Gasteiger partial charge >= 0.3 is 0 Å². The number of amides is 1. The summed E-state index contributed by atoms with van der Waals surface area (Å²) in [5, 5.41) is 3.01. The monoisotopic (exact) mass is 405 g/mol. The SMILES string of the molecule is CN(C)CCOc1ccc(CCNC(=O)C[C@@H]2CCC[C@H]2N)cc1.Cl.Cl. The highest BCUT2D eigenvalue weighted by Gasteiger charge is 2.25. The van der Waals surface area contributed by atoms with E-state index in [2.05, 4.69) is 22.3 Å². The second-order valence-electron chi connectivity index (χ2n) is 6.95. The number of nitrogens with zero attached hydrogens (tertiary/aromatic N) is 1. The summed E-state index contributed by atoms with van der Waals surface area (Å²) in [4.78, 5) is 14.1. The summed E-state index contributed by atoms with van der Waals surface area (Å²) >= 11 is 0. The van der Waals surface area contributed by atoms with E-state index in [1.807, 2.05) is 26.2 Å². The first-order valence-corrected chi connectivity index (χ1v) is 8.93. The second kappa shape index (κ2) is 13.2. The van der Waals surface area contributed by atoms with Crippen molar-refractivity contribution in [3.8, 4) is 5.75 Å². The Hall–Kier alpha value is -1.01. The topological polar surface area (TPSA) is 67.6 Å². The molecule has 150 valence electrons. The first-order valence-electron chi connectivity index (χ1n) is 8.93. The van der Waals surface area contributed by atoms with Crippen LogP contribution in [0.25, 0.3) is 0 Å². The first kappa shape index (κ1) is 25.0. The average Bonchev–Trinajstić information content (AvgIpc) is 2.93. The third-order valence-corrected chi connectivity index (χ3v) is 4.63. The smallest absolute Gasteiger partial charge is 0.220 e. The minimum atomic E-state index is 0. The summed E-state index contributed by atoms with van der Waals surface area (Å²) in [6.45, 7) is 2.26. The number of rotatable bonds is 9. The van der Waals surface area contributed by atoms with Crippen LogP contribution in [0.1, 0.15) is 31.2 Å². The van der Waals surface area contributed by atoms with Gasteiger partial charge in [-0.3, -0.25) is 4.79 Å². The standard InChI is InChI=1S/C19H31N3O2.2ClH/c1-22(2)12-13-24-17-8-6-15(7-9-17)10-11-21-19(23)14-16-4-3-5-18(16)20;;/h6-9,16,18H,3-5,10-14,20H2,1-2H3,(H,21,23);2*1H/t16-,18+;;/m0../s1. The van der Waals surface area contributed by atoms with Crippen molar-refractivity contribution in [2.45, 2.75) is 38.1 Å². The van der Waals surface area contributed by atoms with E-state index in [0.717, 1.165) is 38.0 Å². The van der Waals surface area contributed by atoms with Crippen LogP contribution in [0.3, 0.4) is 0 Å². The highest BCUT2D eigenvalue weighted by molar-refractivity contribution is 5.85. The van der Waals surface area contributed by atoms with Gasteiger partial charge in [-0.15, -0.1) is 24.8 Å². The van der Waals surface area contributed by atoms with Crippen molar-refractivity contribution in [3.63, 3.8) is 0 Å². The lowest BCUT2D eigenvalue weighted by Crippen LogP contribution is -2.32. The van der Waals surface area contributed by atoms with Crippen molar-refractivity contribution < 1.29 is 9.53 Å². The zero-order valence-electron chi connectivity index (χ0n) is 15.8. The predicted octanol–water partition coefficient (Wildman–Crippen LogP) is 2.65. The maximum absolute atomic E-state index is 12.0. The van der Waals surface area contributed by atoms with Crippen LogP contribution in [0.5, 0.6) is 5.75 Å². The molecular formula is C19H33Cl2N3O2. The molecule has 1 aromatic rings. The molecule has 1 saturated carbocycles. The number of carbonyl (C=O) groups excluding carboxylic acids is 1. The van der Waals surface area contributed by atoms with Gasteiger partial charge in [-0.25, -0.2) is 0 Å². The molecule has 2 rings (SSSR count). The lowest BCUT2D eigenvalue weighted by molar-refractivity contribution is -0.122. The maximum atomic E-state index is 12.0. The second-order valence-corrected chi connectivity index (χ2v) is 6.95. The van der Waals surface area contributed by atoms with Gasteiger partial charge in [0.05, 0.1) is 0 Å². The van der Waals surface area contributed by atoms with Crippen molar-refractivity contribution >= 4 is 30.7 Å². The van der Waals surface area contributed by atoms with Gasteiger partial charge in [0.15, 0.2) is 0 Å². The minimum Gasteiger partial charge on any atom is -0.492 e. The van der Waals surface area contributed by atoms with Crippen LogP contribution in [-0.2, 0) is 11.2 Å². The molecule has 0 bridgehead atoms. The molecule has 0 aromatic heterocycles. The molecular weight excluding hydrogens is 373 g/mol. The molecule has 0 aliphatic heterocycles. The molecule has 0 saturated heterocycles. The van der Waals surface area contributed by atoms with Gasteiger partial charge in [-0.05, 0) is 57.0 Å². The van der Waals surface area contributed by atoms with Gasteiger partial charge in [-0.2, -0.15) is 0 Å². The fourth-order valence-corrected chi connectivity index (χ4v) is 3.07.